The highest BCUT2D eigenvalue weighted by atomic mass is 16.4. The summed E-state index contributed by atoms with van der Waals surface area (Å²) in [5, 5.41) is 8.92. The van der Waals surface area contributed by atoms with Gasteiger partial charge in [0.05, 0.1) is 0 Å². The van der Waals surface area contributed by atoms with Gasteiger partial charge in [0.25, 0.3) is 0 Å². The molecule has 2 rings (SSSR count). The summed E-state index contributed by atoms with van der Waals surface area (Å²) < 4.78 is 0. The van der Waals surface area contributed by atoms with E-state index in [1.165, 1.54) is 12.8 Å². The van der Waals surface area contributed by atoms with E-state index in [-0.39, 0.29) is 5.41 Å². The Morgan fingerprint density at radius 1 is 1.47 bits per heavy atom. The van der Waals surface area contributed by atoms with E-state index >= 15 is 0 Å². The highest BCUT2D eigenvalue weighted by molar-refractivity contribution is 5.67. The minimum absolute atomic E-state index is 0.198. The molecule has 2 aliphatic rings. The molecule has 0 spiro atoms. The Kier molecular flexibility index (Phi) is 2.75. The molecular formula is C12H21NO2. The summed E-state index contributed by atoms with van der Waals surface area (Å²) in [6.45, 7) is 6.58. The lowest BCUT2D eigenvalue weighted by molar-refractivity contribution is -0.140. The van der Waals surface area contributed by atoms with Crippen molar-refractivity contribution in [3.05, 3.63) is 0 Å². The van der Waals surface area contributed by atoms with E-state index < -0.39 is 5.97 Å². The van der Waals surface area contributed by atoms with Crippen molar-refractivity contribution in [2.45, 2.75) is 45.6 Å². The number of hydrogen-bond acceptors (Lipinski definition) is 2. The molecule has 1 N–H and O–H groups in total. The number of aliphatic carboxylic acids is 1. The molecule has 1 saturated heterocycles. The molecule has 1 unspecified atom stereocenters. The lowest BCUT2D eigenvalue weighted by atomic mass is 9.72. The molecule has 0 aromatic heterocycles. The smallest absolute Gasteiger partial charge is 0.303 e. The van der Waals surface area contributed by atoms with Crippen molar-refractivity contribution in [3.63, 3.8) is 0 Å². The van der Waals surface area contributed by atoms with Gasteiger partial charge in [-0.1, -0.05) is 13.8 Å². The van der Waals surface area contributed by atoms with Gasteiger partial charge >= 0.3 is 5.97 Å². The van der Waals surface area contributed by atoms with E-state index in [9.17, 15) is 4.79 Å². The lowest BCUT2D eigenvalue weighted by Gasteiger charge is -2.43. The van der Waals surface area contributed by atoms with Gasteiger partial charge in [0, 0.05) is 19.0 Å². The third-order valence-electron chi connectivity index (χ3n) is 4.09. The molecule has 0 aromatic carbocycles. The first-order valence-corrected chi connectivity index (χ1v) is 5.95. The molecule has 3 heteroatoms. The van der Waals surface area contributed by atoms with Gasteiger partial charge in [0.2, 0.25) is 0 Å². The zero-order valence-electron chi connectivity index (χ0n) is 9.70. The molecule has 0 bridgehead atoms. The number of rotatable bonds is 3. The molecule has 0 radical (unpaired) electrons. The Labute approximate surface area is 91.5 Å². The summed E-state index contributed by atoms with van der Waals surface area (Å²) in [4.78, 5) is 13.3. The molecule has 1 atom stereocenters. The Bertz CT molecular complexity index is 258. The fourth-order valence-electron chi connectivity index (χ4n) is 2.58. The van der Waals surface area contributed by atoms with Crippen LogP contribution < -0.4 is 0 Å². The maximum Gasteiger partial charge on any atom is 0.303 e. The van der Waals surface area contributed by atoms with Crippen LogP contribution in [0.5, 0.6) is 0 Å². The first-order valence-electron chi connectivity index (χ1n) is 5.95. The molecule has 15 heavy (non-hydrogen) atoms. The summed E-state index contributed by atoms with van der Waals surface area (Å²) in [7, 11) is 0. The third kappa shape index (κ3) is 2.51. The zero-order valence-corrected chi connectivity index (χ0v) is 9.70. The van der Waals surface area contributed by atoms with E-state index in [2.05, 4.69) is 18.7 Å². The number of carboxylic acid groups (broad SMARTS) is 1. The quantitative estimate of drug-likeness (QED) is 0.776. The maximum absolute atomic E-state index is 10.8. The topological polar surface area (TPSA) is 40.5 Å². The molecule has 0 amide bonds. The van der Waals surface area contributed by atoms with Crippen molar-refractivity contribution in [1.29, 1.82) is 0 Å². The second-order valence-electron chi connectivity index (χ2n) is 5.76. The zero-order chi connectivity index (χ0) is 11.1. The van der Waals surface area contributed by atoms with Crippen molar-refractivity contribution < 1.29 is 9.90 Å². The van der Waals surface area contributed by atoms with Gasteiger partial charge in [-0.2, -0.15) is 0 Å². The van der Waals surface area contributed by atoms with Gasteiger partial charge in [-0.3, -0.25) is 4.79 Å². The average Bonchev–Trinajstić information content (AvgIpc) is 2.90. The Hall–Kier alpha value is -0.570. The number of carbonyl (C=O) groups is 1. The fourth-order valence-corrected chi connectivity index (χ4v) is 2.58. The maximum atomic E-state index is 10.8. The van der Waals surface area contributed by atoms with E-state index in [1.807, 2.05) is 0 Å². The fraction of sp³-hybridized carbons (Fsp3) is 0.917. The van der Waals surface area contributed by atoms with E-state index in [1.54, 1.807) is 0 Å². The van der Waals surface area contributed by atoms with Crippen molar-refractivity contribution >= 4 is 5.97 Å². The van der Waals surface area contributed by atoms with E-state index in [0.29, 0.717) is 12.3 Å². The van der Waals surface area contributed by atoms with Gasteiger partial charge in [-0.05, 0) is 37.1 Å². The van der Waals surface area contributed by atoms with Gasteiger partial charge in [0.15, 0.2) is 0 Å². The first kappa shape index (κ1) is 10.9. The normalized spacial score (nSPS) is 31.5. The van der Waals surface area contributed by atoms with Crippen LogP contribution in [-0.4, -0.2) is 35.1 Å². The molecule has 3 nitrogen and oxygen atoms in total. The summed E-state index contributed by atoms with van der Waals surface area (Å²) in [5.74, 6) is -0.324. The minimum atomic E-state index is -0.647. The summed E-state index contributed by atoms with van der Waals surface area (Å²) >= 11 is 0. The SMILES string of the molecule is CC1(C)CCN(C2CC2)CC1CC(=O)O. The van der Waals surface area contributed by atoms with Gasteiger partial charge < -0.3 is 10.0 Å². The minimum Gasteiger partial charge on any atom is -0.481 e. The van der Waals surface area contributed by atoms with Gasteiger partial charge in [0.1, 0.15) is 0 Å². The first-order chi connectivity index (χ1) is 6.99. The third-order valence-corrected chi connectivity index (χ3v) is 4.09. The van der Waals surface area contributed by atoms with Crippen LogP contribution in [0.1, 0.15) is 39.5 Å². The number of carboxylic acids is 1. The van der Waals surface area contributed by atoms with Crippen molar-refractivity contribution in [1.82, 2.24) is 4.90 Å². The number of hydrogen-bond donors (Lipinski definition) is 1. The molecule has 1 aliphatic carbocycles. The molecule has 1 heterocycles. The summed E-state index contributed by atoms with van der Waals surface area (Å²) in [6, 6.07) is 0.775. The molecule has 86 valence electrons. The van der Waals surface area contributed by atoms with Crippen LogP contribution in [0, 0.1) is 11.3 Å². The summed E-state index contributed by atoms with van der Waals surface area (Å²) in [5.41, 5.74) is 0.198. The van der Waals surface area contributed by atoms with Crippen LogP contribution in [0.2, 0.25) is 0 Å². The standard InChI is InChI=1S/C12H21NO2/c1-12(2)5-6-13(10-3-4-10)8-9(12)7-11(14)15/h9-10H,3-8H2,1-2H3,(H,14,15). The average molecular weight is 211 g/mol. The van der Waals surface area contributed by atoms with E-state index in [0.717, 1.165) is 25.6 Å². The molecule has 1 aliphatic heterocycles. The van der Waals surface area contributed by atoms with Crippen molar-refractivity contribution in [2.75, 3.05) is 13.1 Å². The summed E-state index contributed by atoms with van der Waals surface area (Å²) in [6.07, 6.45) is 4.11. The van der Waals surface area contributed by atoms with E-state index in [4.69, 9.17) is 5.11 Å². The lowest BCUT2D eigenvalue weighted by Crippen LogP contribution is -2.46. The van der Waals surface area contributed by atoms with Gasteiger partial charge in [-0.25, -0.2) is 0 Å². The van der Waals surface area contributed by atoms with Gasteiger partial charge in [-0.15, -0.1) is 0 Å². The van der Waals surface area contributed by atoms with Crippen LogP contribution >= 0.6 is 0 Å². The van der Waals surface area contributed by atoms with Crippen molar-refractivity contribution in [2.24, 2.45) is 11.3 Å². The van der Waals surface area contributed by atoms with Crippen LogP contribution in [0.25, 0.3) is 0 Å². The Balaban J connectivity index is 1.98. The molecular weight excluding hydrogens is 190 g/mol. The number of likely N-dealkylation sites (tertiary alicyclic amines) is 1. The monoisotopic (exact) mass is 211 g/mol. The number of nitrogens with zero attached hydrogens (tertiary/aromatic N) is 1. The van der Waals surface area contributed by atoms with Crippen molar-refractivity contribution in [3.8, 4) is 0 Å². The number of piperidine rings is 1. The second-order valence-corrected chi connectivity index (χ2v) is 5.76. The van der Waals surface area contributed by atoms with Crippen LogP contribution in [0.4, 0.5) is 0 Å². The highest BCUT2D eigenvalue weighted by Crippen LogP contribution is 2.41. The van der Waals surface area contributed by atoms with Crippen LogP contribution in [-0.2, 0) is 4.79 Å². The largest absolute Gasteiger partial charge is 0.481 e. The Morgan fingerprint density at radius 2 is 2.13 bits per heavy atom. The molecule has 0 aromatic rings. The molecule has 2 fully saturated rings. The predicted molar refractivity (Wildman–Crippen MR) is 58.7 cm³/mol. The Morgan fingerprint density at radius 3 is 2.67 bits per heavy atom. The second kappa shape index (κ2) is 3.78. The predicted octanol–water partition coefficient (Wildman–Crippen LogP) is 1.97. The highest BCUT2D eigenvalue weighted by Gasteiger charge is 2.40. The van der Waals surface area contributed by atoms with Crippen LogP contribution in [0.3, 0.4) is 0 Å². The molecule has 1 saturated carbocycles. The van der Waals surface area contributed by atoms with Crippen LogP contribution in [0.15, 0.2) is 0 Å².